The molecule has 0 saturated carbocycles. The first-order valence-electron chi connectivity index (χ1n) is 5.90. The highest BCUT2D eigenvalue weighted by molar-refractivity contribution is 5.92. The summed E-state index contributed by atoms with van der Waals surface area (Å²) in [4.78, 5) is 15.8. The monoisotopic (exact) mass is 251 g/mol. The van der Waals surface area contributed by atoms with Crippen molar-refractivity contribution in [3.05, 3.63) is 24.0 Å². The van der Waals surface area contributed by atoms with Crippen molar-refractivity contribution < 1.29 is 14.6 Å². The van der Waals surface area contributed by atoms with E-state index < -0.39 is 0 Å². The van der Waals surface area contributed by atoms with E-state index in [4.69, 9.17) is 9.84 Å². The molecule has 0 unspecified atom stereocenters. The first-order chi connectivity index (χ1) is 8.70. The van der Waals surface area contributed by atoms with Crippen LogP contribution in [0.25, 0.3) is 0 Å². The van der Waals surface area contributed by atoms with Crippen molar-refractivity contribution in [2.45, 2.75) is 18.6 Å². The highest BCUT2D eigenvalue weighted by Crippen LogP contribution is 2.09. The summed E-state index contributed by atoms with van der Waals surface area (Å²) in [5.74, 6) is -0.216. The molecule has 0 bridgehead atoms. The second-order valence-electron chi connectivity index (χ2n) is 4.25. The number of aromatic nitrogens is 1. The van der Waals surface area contributed by atoms with Gasteiger partial charge >= 0.3 is 0 Å². The van der Waals surface area contributed by atoms with Crippen molar-refractivity contribution >= 4 is 5.91 Å². The van der Waals surface area contributed by atoms with Crippen LogP contribution in [0.3, 0.4) is 0 Å². The predicted octanol–water partition coefficient (Wildman–Crippen LogP) is -0.106. The van der Waals surface area contributed by atoms with Gasteiger partial charge in [-0.15, -0.1) is 0 Å². The summed E-state index contributed by atoms with van der Waals surface area (Å²) in [5.41, 5.74) is 0.285. The molecule has 1 saturated heterocycles. The second kappa shape index (κ2) is 5.79. The van der Waals surface area contributed by atoms with Gasteiger partial charge in [0.15, 0.2) is 0 Å². The van der Waals surface area contributed by atoms with E-state index in [2.05, 4.69) is 15.6 Å². The number of ether oxygens (including phenoxy) is 1. The molecule has 1 amide bonds. The van der Waals surface area contributed by atoms with Crippen LogP contribution in [0.4, 0.5) is 0 Å². The summed E-state index contributed by atoms with van der Waals surface area (Å²) in [6.45, 7) is 1.57. The lowest BCUT2D eigenvalue weighted by molar-refractivity contribution is 0.0446. The van der Waals surface area contributed by atoms with Gasteiger partial charge in [-0.2, -0.15) is 0 Å². The molecule has 2 heterocycles. The Balaban J connectivity index is 1.99. The van der Waals surface area contributed by atoms with Gasteiger partial charge in [0.2, 0.25) is 0 Å². The minimum Gasteiger partial charge on any atom is -0.506 e. The van der Waals surface area contributed by atoms with Gasteiger partial charge in [0.05, 0.1) is 18.3 Å². The Morgan fingerprint density at radius 1 is 1.61 bits per heavy atom. The van der Waals surface area contributed by atoms with Gasteiger partial charge < -0.3 is 20.5 Å². The fourth-order valence-corrected chi connectivity index (χ4v) is 2.02. The lowest BCUT2D eigenvalue weighted by Gasteiger charge is -2.31. The van der Waals surface area contributed by atoms with Crippen LogP contribution in [0.1, 0.15) is 16.9 Å². The number of rotatable bonds is 3. The molecule has 0 aliphatic carbocycles. The topological polar surface area (TPSA) is 83.5 Å². The first-order valence-corrected chi connectivity index (χ1v) is 5.90. The first kappa shape index (κ1) is 12.8. The molecule has 2 atom stereocenters. The van der Waals surface area contributed by atoms with Gasteiger partial charge in [0, 0.05) is 13.7 Å². The molecule has 0 radical (unpaired) electrons. The van der Waals surface area contributed by atoms with Crippen LogP contribution in [-0.4, -0.2) is 48.3 Å². The van der Waals surface area contributed by atoms with Crippen LogP contribution in [0, 0.1) is 0 Å². The van der Waals surface area contributed by atoms with Crippen LogP contribution in [0.2, 0.25) is 0 Å². The number of nitrogens with one attached hydrogen (secondary N) is 2. The third-order valence-corrected chi connectivity index (χ3v) is 3.02. The number of methoxy groups -OCH3 is 1. The third-order valence-electron chi connectivity index (χ3n) is 3.02. The van der Waals surface area contributed by atoms with Crippen molar-refractivity contribution in [1.82, 2.24) is 15.6 Å². The summed E-state index contributed by atoms with van der Waals surface area (Å²) in [6, 6.07) is 2.87. The molecule has 6 nitrogen and oxygen atoms in total. The van der Waals surface area contributed by atoms with Crippen molar-refractivity contribution in [2.24, 2.45) is 0 Å². The van der Waals surface area contributed by atoms with E-state index in [1.165, 1.54) is 18.3 Å². The van der Waals surface area contributed by atoms with E-state index in [0.717, 1.165) is 13.0 Å². The highest BCUT2D eigenvalue weighted by atomic mass is 16.5. The summed E-state index contributed by atoms with van der Waals surface area (Å²) < 4.78 is 5.34. The van der Waals surface area contributed by atoms with Crippen LogP contribution in [0.15, 0.2) is 18.3 Å². The van der Waals surface area contributed by atoms with Crippen molar-refractivity contribution in [2.75, 3.05) is 20.2 Å². The van der Waals surface area contributed by atoms with Gasteiger partial charge in [-0.05, 0) is 25.1 Å². The number of piperidine rings is 1. The maximum atomic E-state index is 11.9. The molecule has 0 aromatic carbocycles. The Morgan fingerprint density at radius 3 is 3.11 bits per heavy atom. The van der Waals surface area contributed by atoms with Crippen LogP contribution in [-0.2, 0) is 4.74 Å². The molecule has 6 heteroatoms. The molecule has 1 aromatic rings. The van der Waals surface area contributed by atoms with Crippen molar-refractivity contribution in [3.8, 4) is 5.75 Å². The van der Waals surface area contributed by atoms with Crippen molar-refractivity contribution in [3.63, 3.8) is 0 Å². The fourth-order valence-electron chi connectivity index (χ4n) is 2.02. The molecule has 1 fully saturated rings. The van der Waals surface area contributed by atoms with Gasteiger partial charge in [-0.1, -0.05) is 0 Å². The quantitative estimate of drug-likeness (QED) is 0.698. The second-order valence-corrected chi connectivity index (χ2v) is 4.25. The lowest BCUT2D eigenvalue weighted by atomic mass is 10.0. The minimum absolute atomic E-state index is 0.0207. The van der Waals surface area contributed by atoms with E-state index in [-0.39, 0.29) is 29.5 Å². The Hall–Kier alpha value is -1.66. The number of nitrogens with zero attached hydrogens (tertiary/aromatic N) is 1. The Labute approximate surface area is 105 Å². The van der Waals surface area contributed by atoms with E-state index in [0.29, 0.717) is 6.54 Å². The van der Waals surface area contributed by atoms with Gasteiger partial charge in [-0.3, -0.25) is 4.79 Å². The standard InChI is InChI=1S/C12H17N3O3/c1-18-11-4-5-13-7-10(11)15-12(17)9-3-2-8(16)6-14-9/h2-3,6,10-11,13,16H,4-5,7H2,1H3,(H,15,17)/t10-,11+/m0/s1. The molecule has 98 valence electrons. The van der Waals surface area contributed by atoms with Crippen LogP contribution >= 0.6 is 0 Å². The Kier molecular flexibility index (Phi) is 4.11. The number of pyridine rings is 1. The van der Waals surface area contributed by atoms with Gasteiger partial charge in [-0.25, -0.2) is 4.98 Å². The number of hydrogen-bond acceptors (Lipinski definition) is 5. The molecule has 3 N–H and O–H groups in total. The largest absolute Gasteiger partial charge is 0.506 e. The Morgan fingerprint density at radius 2 is 2.44 bits per heavy atom. The minimum atomic E-state index is -0.259. The van der Waals surface area contributed by atoms with Gasteiger partial charge in [0.25, 0.3) is 5.91 Å². The van der Waals surface area contributed by atoms with E-state index in [1.54, 1.807) is 7.11 Å². The fraction of sp³-hybridized carbons (Fsp3) is 0.500. The lowest BCUT2D eigenvalue weighted by Crippen LogP contribution is -2.54. The van der Waals surface area contributed by atoms with Crippen LogP contribution in [0.5, 0.6) is 5.75 Å². The number of carbonyl (C=O) groups excluding carboxylic acids is 1. The maximum Gasteiger partial charge on any atom is 0.270 e. The molecule has 1 aliphatic heterocycles. The number of aromatic hydroxyl groups is 1. The maximum absolute atomic E-state index is 11.9. The highest BCUT2D eigenvalue weighted by Gasteiger charge is 2.26. The predicted molar refractivity (Wildman–Crippen MR) is 65.4 cm³/mol. The average molecular weight is 251 g/mol. The van der Waals surface area contributed by atoms with E-state index in [9.17, 15) is 4.79 Å². The summed E-state index contributed by atoms with van der Waals surface area (Å²) in [5, 5.41) is 15.2. The van der Waals surface area contributed by atoms with E-state index in [1.807, 2.05) is 0 Å². The zero-order valence-electron chi connectivity index (χ0n) is 10.2. The summed E-state index contributed by atoms with van der Waals surface area (Å²) in [7, 11) is 1.65. The number of carbonyl (C=O) groups is 1. The molecule has 18 heavy (non-hydrogen) atoms. The average Bonchev–Trinajstić information content (AvgIpc) is 2.40. The van der Waals surface area contributed by atoms with Crippen LogP contribution < -0.4 is 10.6 Å². The summed E-state index contributed by atoms with van der Waals surface area (Å²) >= 11 is 0. The van der Waals surface area contributed by atoms with Gasteiger partial charge in [0.1, 0.15) is 11.4 Å². The van der Waals surface area contributed by atoms with E-state index >= 15 is 0 Å². The zero-order valence-corrected chi connectivity index (χ0v) is 10.2. The SMILES string of the molecule is CO[C@@H]1CCNC[C@@H]1NC(=O)c1ccc(O)cn1. The zero-order chi connectivity index (χ0) is 13.0. The Bertz CT molecular complexity index is 408. The third kappa shape index (κ3) is 2.96. The van der Waals surface area contributed by atoms with Crippen molar-refractivity contribution in [1.29, 1.82) is 0 Å². The molecule has 2 rings (SSSR count). The summed E-state index contributed by atoms with van der Waals surface area (Å²) in [6.07, 6.45) is 2.14. The number of amides is 1. The molecular formula is C12H17N3O3. The smallest absolute Gasteiger partial charge is 0.270 e. The normalized spacial score (nSPS) is 23.6. The number of hydrogen-bond donors (Lipinski definition) is 3. The molecular weight excluding hydrogens is 234 g/mol. The molecule has 1 aliphatic rings. The molecule has 1 aromatic heterocycles. The molecule has 0 spiro atoms.